The van der Waals surface area contributed by atoms with E-state index in [4.69, 9.17) is 9.84 Å². The van der Waals surface area contributed by atoms with Gasteiger partial charge in [0.1, 0.15) is 11.6 Å². The Bertz CT molecular complexity index is 1090. The molecule has 4 rings (SSSR count). The summed E-state index contributed by atoms with van der Waals surface area (Å²) in [5.74, 6) is 0.216. The van der Waals surface area contributed by atoms with E-state index in [0.717, 1.165) is 29.7 Å². The Hall–Kier alpha value is -3.94. The second kappa shape index (κ2) is 10.1. The van der Waals surface area contributed by atoms with Crippen molar-refractivity contribution < 1.29 is 19.4 Å². The number of carboxylic acid groups (broad SMARTS) is 1. The normalized spacial score (nSPS) is 13.6. The largest absolute Gasteiger partial charge is 0.478 e. The van der Waals surface area contributed by atoms with Gasteiger partial charge in [0.25, 0.3) is 0 Å². The molecule has 8 nitrogen and oxygen atoms in total. The molecule has 0 bridgehead atoms. The van der Waals surface area contributed by atoms with Crippen LogP contribution in [0.1, 0.15) is 27.2 Å². The number of piperazine rings is 1. The number of aromatic carboxylic acids is 1. The zero-order valence-corrected chi connectivity index (χ0v) is 18.5. The fourth-order valence-corrected chi connectivity index (χ4v) is 3.63. The minimum Gasteiger partial charge on any atom is -0.478 e. The van der Waals surface area contributed by atoms with Crippen molar-refractivity contribution in [3.63, 3.8) is 0 Å². The van der Waals surface area contributed by atoms with E-state index in [1.807, 2.05) is 48.4 Å². The number of pyridine rings is 2. The molecular weight excluding hydrogens is 420 g/mol. The monoisotopic (exact) mass is 446 g/mol. The SMILES string of the molecule is Cc1ccc(CCc2ccc(OC(=O)N3CCN(c4ccc(C(=O)O)cn4)CC3)cc2)nc1. The molecule has 0 saturated carbocycles. The van der Waals surface area contributed by atoms with Crippen molar-refractivity contribution in [2.24, 2.45) is 0 Å². The number of carbonyl (C=O) groups excluding carboxylic acids is 1. The molecule has 0 aliphatic carbocycles. The molecule has 1 amide bonds. The average Bonchev–Trinajstić information content (AvgIpc) is 2.85. The second-order valence-corrected chi connectivity index (χ2v) is 8.02. The van der Waals surface area contributed by atoms with E-state index in [9.17, 15) is 9.59 Å². The van der Waals surface area contributed by atoms with Crippen molar-refractivity contribution in [2.75, 3.05) is 31.1 Å². The van der Waals surface area contributed by atoms with Crippen LogP contribution in [0.2, 0.25) is 0 Å². The first kappa shape index (κ1) is 22.3. The topological polar surface area (TPSA) is 95.9 Å². The number of amides is 1. The fraction of sp³-hybridized carbons (Fsp3) is 0.280. The number of nitrogens with zero attached hydrogens (tertiary/aromatic N) is 4. The third-order valence-electron chi connectivity index (χ3n) is 5.63. The van der Waals surface area contributed by atoms with Gasteiger partial charge in [0, 0.05) is 44.3 Å². The molecule has 3 aromatic rings. The first-order valence-electron chi connectivity index (χ1n) is 10.9. The molecule has 33 heavy (non-hydrogen) atoms. The molecule has 0 radical (unpaired) electrons. The molecule has 170 valence electrons. The van der Waals surface area contributed by atoms with Crippen LogP contribution < -0.4 is 9.64 Å². The first-order chi connectivity index (χ1) is 16.0. The third-order valence-corrected chi connectivity index (χ3v) is 5.63. The number of anilines is 1. The lowest BCUT2D eigenvalue weighted by atomic mass is 10.1. The molecule has 1 aliphatic heterocycles. The maximum atomic E-state index is 12.5. The van der Waals surface area contributed by atoms with Crippen LogP contribution in [0.15, 0.2) is 60.9 Å². The van der Waals surface area contributed by atoms with Gasteiger partial charge in [-0.3, -0.25) is 4.98 Å². The number of ether oxygens (including phenoxy) is 1. The van der Waals surface area contributed by atoms with Crippen LogP contribution in [0.25, 0.3) is 0 Å². The first-order valence-corrected chi connectivity index (χ1v) is 10.9. The zero-order chi connectivity index (χ0) is 23.2. The summed E-state index contributed by atoms with van der Waals surface area (Å²) in [5, 5.41) is 8.99. The minimum atomic E-state index is -1.00. The van der Waals surface area contributed by atoms with Gasteiger partial charge in [0.2, 0.25) is 0 Å². The standard InChI is InChI=1S/C25H26N4O4/c1-18-2-7-21(26-16-18)8-3-19-4-9-22(10-5-19)33-25(32)29-14-12-28(13-15-29)23-11-6-20(17-27-23)24(30)31/h2,4-7,9-11,16-17H,3,8,12-15H2,1H3,(H,30,31). The van der Waals surface area contributed by atoms with E-state index in [2.05, 4.69) is 16.0 Å². The van der Waals surface area contributed by atoms with Gasteiger partial charge in [0.05, 0.1) is 5.56 Å². The number of rotatable bonds is 6. The lowest BCUT2D eigenvalue weighted by molar-refractivity contribution is 0.0696. The summed E-state index contributed by atoms with van der Waals surface area (Å²) in [6, 6.07) is 14.9. The van der Waals surface area contributed by atoms with Crippen LogP contribution >= 0.6 is 0 Å². The number of hydrogen-bond acceptors (Lipinski definition) is 6. The van der Waals surface area contributed by atoms with Gasteiger partial charge in [0.15, 0.2) is 0 Å². The number of carboxylic acids is 1. The number of aromatic nitrogens is 2. The Labute approximate surface area is 192 Å². The summed E-state index contributed by atoms with van der Waals surface area (Å²) in [6.07, 6.45) is 4.58. The highest BCUT2D eigenvalue weighted by Gasteiger charge is 2.23. The van der Waals surface area contributed by atoms with E-state index >= 15 is 0 Å². The van der Waals surface area contributed by atoms with E-state index in [1.165, 1.54) is 12.3 Å². The van der Waals surface area contributed by atoms with Gasteiger partial charge in [-0.05, 0) is 61.2 Å². The maximum Gasteiger partial charge on any atom is 0.415 e. The Balaban J connectivity index is 1.24. The highest BCUT2D eigenvalue weighted by atomic mass is 16.6. The van der Waals surface area contributed by atoms with Crippen LogP contribution in [0.5, 0.6) is 5.75 Å². The van der Waals surface area contributed by atoms with Gasteiger partial charge in [-0.2, -0.15) is 0 Å². The second-order valence-electron chi connectivity index (χ2n) is 8.02. The summed E-state index contributed by atoms with van der Waals surface area (Å²) < 4.78 is 5.54. The lowest BCUT2D eigenvalue weighted by Gasteiger charge is -2.34. The molecular formula is C25H26N4O4. The maximum absolute atomic E-state index is 12.5. The zero-order valence-electron chi connectivity index (χ0n) is 18.5. The number of benzene rings is 1. The van der Waals surface area contributed by atoms with Crippen molar-refractivity contribution in [3.8, 4) is 5.75 Å². The molecule has 8 heteroatoms. The van der Waals surface area contributed by atoms with Gasteiger partial charge in [-0.25, -0.2) is 14.6 Å². The Morgan fingerprint density at radius 2 is 1.67 bits per heavy atom. The third kappa shape index (κ3) is 5.85. The van der Waals surface area contributed by atoms with E-state index in [1.54, 1.807) is 11.0 Å². The summed E-state index contributed by atoms with van der Waals surface area (Å²) >= 11 is 0. The lowest BCUT2D eigenvalue weighted by Crippen LogP contribution is -2.49. The average molecular weight is 447 g/mol. The van der Waals surface area contributed by atoms with Crippen molar-refractivity contribution in [1.82, 2.24) is 14.9 Å². The summed E-state index contributed by atoms with van der Waals surface area (Å²) in [7, 11) is 0. The summed E-state index contributed by atoms with van der Waals surface area (Å²) in [6.45, 7) is 4.22. The smallest absolute Gasteiger partial charge is 0.415 e. The van der Waals surface area contributed by atoms with Crippen molar-refractivity contribution in [2.45, 2.75) is 19.8 Å². The molecule has 3 heterocycles. The van der Waals surface area contributed by atoms with Crippen molar-refractivity contribution in [3.05, 3.63) is 83.3 Å². The molecule has 1 N–H and O–H groups in total. The summed E-state index contributed by atoms with van der Waals surface area (Å²) in [5.41, 5.74) is 3.52. The number of hydrogen-bond donors (Lipinski definition) is 1. The minimum absolute atomic E-state index is 0.152. The predicted molar refractivity (Wildman–Crippen MR) is 124 cm³/mol. The van der Waals surface area contributed by atoms with Gasteiger partial charge < -0.3 is 19.6 Å². The van der Waals surface area contributed by atoms with Gasteiger partial charge in [-0.1, -0.05) is 18.2 Å². The van der Waals surface area contributed by atoms with Crippen LogP contribution in [-0.4, -0.2) is 58.2 Å². The number of carbonyl (C=O) groups is 2. The number of aryl methyl sites for hydroxylation is 3. The van der Waals surface area contributed by atoms with Crippen LogP contribution in [0, 0.1) is 6.92 Å². The fourth-order valence-electron chi connectivity index (χ4n) is 3.63. The van der Waals surface area contributed by atoms with Gasteiger partial charge >= 0.3 is 12.1 Å². The highest BCUT2D eigenvalue weighted by Crippen LogP contribution is 2.18. The Morgan fingerprint density at radius 3 is 2.27 bits per heavy atom. The summed E-state index contributed by atoms with van der Waals surface area (Å²) in [4.78, 5) is 35.8. The Kier molecular flexibility index (Phi) is 6.83. The molecule has 0 unspecified atom stereocenters. The molecule has 0 spiro atoms. The molecule has 2 aromatic heterocycles. The Morgan fingerprint density at radius 1 is 0.909 bits per heavy atom. The van der Waals surface area contributed by atoms with Crippen LogP contribution in [0.3, 0.4) is 0 Å². The molecule has 1 aliphatic rings. The van der Waals surface area contributed by atoms with E-state index < -0.39 is 5.97 Å². The van der Waals surface area contributed by atoms with E-state index in [-0.39, 0.29) is 11.7 Å². The van der Waals surface area contributed by atoms with Crippen molar-refractivity contribution >= 4 is 17.9 Å². The molecule has 1 aromatic carbocycles. The van der Waals surface area contributed by atoms with E-state index in [0.29, 0.717) is 37.7 Å². The molecule has 1 saturated heterocycles. The molecule has 1 fully saturated rings. The molecule has 0 atom stereocenters. The predicted octanol–water partition coefficient (Wildman–Crippen LogP) is 3.59. The van der Waals surface area contributed by atoms with Crippen LogP contribution in [0.4, 0.5) is 10.6 Å². The van der Waals surface area contributed by atoms with Gasteiger partial charge in [-0.15, -0.1) is 0 Å². The van der Waals surface area contributed by atoms with Crippen molar-refractivity contribution in [1.29, 1.82) is 0 Å². The quantitative estimate of drug-likeness (QED) is 0.618. The highest BCUT2D eigenvalue weighted by molar-refractivity contribution is 5.87. The van der Waals surface area contributed by atoms with Crippen LogP contribution in [-0.2, 0) is 12.8 Å².